The number of rotatable bonds is 5. The van der Waals surface area contributed by atoms with Crippen molar-refractivity contribution >= 4 is 28.8 Å². The van der Waals surface area contributed by atoms with Crippen molar-refractivity contribution in [2.45, 2.75) is 25.9 Å². The van der Waals surface area contributed by atoms with E-state index in [4.69, 9.17) is 4.74 Å². The second kappa shape index (κ2) is 8.67. The number of amides is 2. The molecule has 2 heterocycles. The largest absolute Gasteiger partial charge is 0.483 e. The average Bonchev–Trinajstić information content (AvgIpc) is 3.18. The molecule has 7 heteroatoms. The van der Waals surface area contributed by atoms with Crippen LogP contribution in [0.1, 0.15) is 29.0 Å². The summed E-state index contributed by atoms with van der Waals surface area (Å²) in [5, 5.41) is 4.85. The Hall–Kier alpha value is -3.19. The lowest BCUT2D eigenvalue weighted by molar-refractivity contribution is -0.135. The van der Waals surface area contributed by atoms with E-state index >= 15 is 0 Å². The van der Waals surface area contributed by atoms with Gasteiger partial charge in [-0.05, 0) is 54.3 Å². The quantitative estimate of drug-likeness (QED) is 0.654. The van der Waals surface area contributed by atoms with Crippen molar-refractivity contribution in [1.29, 1.82) is 0 Å². The number of ether oxygens (including phenoxy) is 1. The van der Waals surface area contributed by atoms with E-state index < -0.39 is 0 Å². The first-order valence-electron chi connectivity index (χ1n) is 9.62. The number of carbonyl (C=O) groups is 2. The van der Waals surface area contributed by atoms with Gasteiger partial charge in [-0.15, -0.1) is 11.3 Å². The maximum atomic E-state index is 13.3. The van der Waals surface area contributed by atoms with E-state index in [2.05, 4.69) is 5.32 Å². The summed E-state index contributed by atoms with van der Waals surface area (Å²) >= 11 is 1.54. The van der Waals surface area contributed by atoms with Gasteiger partial charge in [-0.25, -0.2) is 4.39 Å². The number of fused-ring (bicyclic) bond motifs is 1. The molecule has 1 aliphatic rings. The lowest BCUT2D eigenvalue weighted by atomic mass is 10.1. The number of benzene rings is 2. The van der Waals surface area contributed by atoms with Crippen LogP contribution in [0.3, 0.4) is 0 Å². The number of thiophene rings is 1. The lowest BCUT2D eigenvalue weighted by Gasteiger charge is -2.28. The minimum Gasteiger partial charge on any atom is -0.483 e. The molecule has 0 unspecified atom stereocenters. The second-order valence-corrected chi connectivity index (χ2v) is 8.20. The van der Waals surface area contributed by atoms with E-state index in [0.717, 1.165) is 16.0 Å². The van der Waals surface area contributed by atoms with Crippen LogP contribution in [-0.4, -0.2) is 23.3 Å². The molecular formula is C23H21FN2O3S. The Balaban J connectivity index is 1.52. The highest BCUT2D eigenvalue weighted by Crippen LogP contribution is 2.31. The van der Waals surface area contributed by atoms with Crippen LogP contribution in [0.2, 0.25) is 0 Å². The zero-order valence-electron chi connectivity index (χ0n) is 16.4. The summed E-state index contributed by atoms with van der Waals surface area (Å²) in [6, 6.07) is 15.1. The van der Waals surface area contributed by atoms with Crippen LogP contribution < -0.4 is 10.1 Å². The number of anilines is 1. The summed E-state index contributed by atoms with van der Waals surface area (Å²) in [5.41, 5.74) is 2.31. The molecule has 0 aliphatic carbocycles. The number of hydrogen-bond acceptors (Lipinski definition) is 4. The Labute approximate surface area is 178 Å². The lowest BCUT2D eigenvalue weighted by Crippen LogP contribution is -2.34. The monoisotopic (exact) mass is 424 g/mol. The predicted molar refractivity (Wildman–Crippen MR) is 114 cm³/mol. The summed E-state index contributed by atoms with van der Waals surface area (Å²) in [5.74, 6) is 0.0593. The molecule has 5 nitrogen and oxygen atoms in total. The van der Waals surface area contributed by atoms with Gasteiger partial charge in [-0.3, -0.25) is 9.59 Å². The van der Waals surface area contributed by atoms with Gasteiger partial charge in [0.25, 0.3) is 5.91 Å². The van der Waals surface area contributed by atoms with Gasteiger partial charge in [0.1, 0.15) is 11.6 Å². The zero-order valence-corrected chi connectivity index (χ0v) is 17.2. The van der Waals surface area contributed by atoms with Gasteiger partial charge >= 0.3 is 0 Å². The minimum absolute atomic E-state index is 0.0668. The second-order valence-electron chi connectivity index (χ2n) is 7.16. The van der Waals surface area contributed by atoms with E-state index in [1.54, 1.807) is 40.5 Å². The number of hydrogen-bond donors (Lipinski definition) is 1. The van der Waals surface area contributed by atoms with Crippen LogP contribution in [-0.2, 0) is 22.6 Å². The molecule has 0 bridgehead atoms. The summed E-state index contributed by atoms with van der Waals surface area (Å²) in [6.45, 7) is 2.17. The van der Waals surface area contributed by atoms with Crippen molar-refractivity contribution in [2.24, 2.45) is 0 Å². The fourth-order valence-electron chi connectivity index (χ4n) is 3.47. The molecule has 0 spiro atoms. The van der Waals surface area contributed by atoms with Gasteiger partial charge in [0.2, 0.25) is 5.91 Å². The number of nitrogens with one attached hydrogen (secondary N) is 1. The van der Waals surface area contributed by atoms with Gasteiger partial charge in [0.05, 0.1) is 19.0 Å². The molecule has 154 valence electrons. The topological polar surface area (TPSA) is 58.6 Å². The molecular weight excluding hydrogens is 403 g/mol. The van der Waals surface area contributed by atoms with Crippen molar-refractivity contribution in [3.8, 4) is 5.75 Å². The molecule has 0 saturated heterocycles. The molecule has 1 aliphatic heterocycles. The maximum absolute atomic E-state index is 13.3. The summed E-state index contributed by atoms with van der Waals surface area (Å²) in [7, 11) is 0. The van der Waals surface area contributed by atoms with Crippen LogP contribution >= 0.6 is 11.3 Å². The van der Waals surface area contributed by atoms with Crippen molar-refractivity contribution in [2.75, 3.05) is 11.9 Å². The highest BCUT2D eigenvalue weighted by atomic mass is 32.1. The van der Waals surface area contributed by atoms with Crippen molar-refractivity contribution < 1.29 is 18.7 Å². The van der Waals surface area contributed by atoms with Crippen molar-refractivity contribution in [3.05, 3.63) is 81.8 Å². The summed E-state index contributed by atoms with van der Waals surface area (Å²) in [6.07, 6.45) is 0.317. The summed E-state index contributed by atoms with van der Waals surface area (Å²) in [4.78, 5) is 27.7. The standard InChI is InChI=1S/C23H21FN2O3S/c1-15(16-4-6-18(24)7-5-16)26-13-17-11-19(8-9-21(17)29-14-23(26)28)25-22(27)12-20-3-2-10-30-20/h2-11,15H,12-14H2,1H3,(H,25,27)/t15-/m0/s1. The molecule has 4 rings (SSSR count). The smallest absolute Gasteiger partial charge is 0.261 e. The van der Waals surface area contributed by atoms with Gasteiger partial charge in [0.15, 0.2) is 6.61 Å². The molecule has 3 aromatic rings. The number of nitrogens with zero attached hydrogens (tertiary/aromatic N) is 1. The Morgan fingerprint density at radius 2 is 2.03 bits per heavy atom. The van der Waals surface area contributed by atoms with Crippen LogP contribution in [0.5, 0.6) is 5.75 Å². The van der Waals surface area contributed by atoms with E-state index in [0.29, 0.717) is 24.4 Å². The number of halogens is 1. The van der Waals surface area contributed by atoms with Crippen LogP contribution in [0.4, 0.5) is 10.1 Å². The molecule has 0 fully saturated rings. The first-order chi connectivity index (χ1) is 14.5. The Kier molecular flexibility index (Phi) is 5.81. The average molecular weight is 424 g/mol. The zero-order chi connectivity index (χ0) is 21.1. The molecule has 1 N–H and O–H groups in total. The predicted octanol–water partition coefficient (Wildman–Crippen LogP) is 4.55. The third-order valence-electron chi connectivity index (χ3n) is 5.09. The first-order valence-corrected chi connectivity index (χ1v) is 10.5. The van der Waals surface area contributed by atoms with Crippen LogP contribution in [0.15, 0.2) is 60.0 Å². The molecule has 30 heavy (non-hydrogen) atoms. The SMILES string of the molecule is C[C@@H](c1ccc(F)cc1)N1Cc2cc(NC(=O)Cc3cccs3)ccc2OCC1=O. The van der Waals surface area contributed by atoms with Gasteiger partial charge in [0, 0.05) is 16.1 Å². The highest BCUT2D eigenvalue weighted by molar-refractivity contribution is 7.10. The molecule has 2 aromatic carbocycles. The number of carbonyl (C=O) groups excluding carboxylic acids is 2. The summed E-state index contributed by atoms with van der Waals surface area (Å²) < 4.78 is 18.9. The Morgan fingerprint density at radius 3 is 2.77 bits per heavy atom. The molecule has 0 saturated carbocycles. The molecule has 0 radical (unpaired) electrons. The van der Waals surface area contributed by atoms with Gasteiger partial charge < -0.3 is 15.0 Å². The van der Waals surface area contributed by atoms with Crippen molar-refractivity contribution in [1.82, 2.24) is 4.90 Å². The van der Waals surface area contributed by atoms with Gasteiger partial charge in [-0.2, -0.15) is 0 Å². The van der Waals surface area contributed by atoms with E-state index in [1.807, 2.05) is 30.5 Å². The Morgan fingerprint density at radius 1 is 1.23 bits per heavy atom. The fourth-order valence-corrected chi connectivity index (χ4v) is 4.17. The van der Waals surface area contributed by atoms with Gasteiger partial charge in [-0.1, -0.05) is 18.2 Å². The third-order valence-corrected chi connectivity index (χ3v) is 5.97. The van der Waals surface area contributed by atoms with Crippen LogP contribution in [0.25, 0.3) is 0 Å². The molecule has 1 atom stereocenters. The molecule has 1 aromatic heterocycles. The Bertz CT molecular complexity index is 1050. The first kappa shape index (κ1) is 20.1. The van der Waals surface area contributed by atoms with E-state index in [1.165, 1.54) is 12.1 Å². The van der Waals surface area contributed by atoms with Crippen molar-refractivity contribution in [3.63, 3.8) is 0 Å². The normalized spacial score (nSPS) is 14.5. The third kappa shape index (κ3) is 4.52. The van der Waals surface area contributed by atoms with E-state index in [9.17, 15) is 14.0 Å². The van der Waals surface area contributed by atoms with E-state index in [-0.39, 0.29) is 30.3 Å². The highest BCUT2D eigenvalue weighted by Gasteiger charge is 2.27. The fraction of sp³-hybridized carbons (Fsp3) is 0.217. The van der Waals surface area contributed by atoms with Crippen LogP contribution in [0, 0.1) is 5.82 Å². The molecule has 2 amide bonds. The maximum Gasteiger partial charge on any atom is 0.261 e. The minimum atomic E-state index is -0.315.